The molecule has 19 heavy (non-hydrogen) atoms. The fourth-order valence-electron chi connectivity index (χ4n) is 2.84. The minimum atomic E-state index is 0.526. The maximum absolute atomic E-state index is 9.13. The molecule has 0 spiro atoms. The molecule has 0 radical (unpaired) electrons. The van der Waals surface area contributed by atoms with Crippen molar-refractivity contribution in [1.29, 1.82) is 5.26 Å². The second-order valence-electron chi connectivity index (χ2n) is 5.54. The Kier molecular flexibility index (Phi) is 3.63. The molecule has 100 valence electrons. The van der Waals surface area contributed by atoms with Crippen LogP contribution in [0.25, 0.3) is 0 Å². The standard InChI is InChI=1S/C15H18ClN3/c16-14-2-1-3-15(13(14)8-17)18-9-11-6-7-19(10-11)12-4-5-12/h1-3,11-12,18H,4-7,9-10H2. The van der Waals surface area contributed by atoms with Crippen LogP contribution >= 0.6 is 11.6 Å². The first-order chi connectivity index (χ1) is 9.28. The van der Waals surface area contributed by atoms with Gasteiger partial charge in [0, 0.05) is 19.1 Å². The molecule has 1 saturated carbocycles. The van der Waals surface area contributed by atoms with E-state index in [1.54, 1.807) is 6.07 Å². The van der Waals surface area contributed by atoms with Gasteiger partial charge in [-0.25, -0.2) is 0 Å². The molecule has 1 atom stereocenters. The van der Waals surface area contributed by atoms with Crippen LogP contribution < -0.4 is 5.32 Å². The van der Waals surface area contributed by atoms with E-state index in [4.69, 9.17) is 16.9 Å². The minimum Gasteiger partial charge on any atom is -0.384 e. The molecular weight excluding hydrogens is 258 g/mol. The molecule has 0 bridgehead atoms. The lowest BCUT2D eigenvalue weighted by atomic mass is 10.1. The van der Waals surface area contributed by atoms with Crippen molar-refractivity contribution in [2.45, 2.75) is 25.3 Å². The molecule has 1 aromatic carbocycles. The molecule has 1 heterocycles. The van der Waals surface area contributed by atoms with Gasteiger partial charge in [-0.1, -0.05) is 17.7 Å². The zero-order valence-corrected chi connectivity index (χ0v) is 11.7. The third-order valence-electron chi connectivity index (χ3n) is 4.09. The third kappa shape index (κ3) is 2.86. The Morgan fingerprint density at radius 1 is 1.37 bits per heavy atom. The van der Waals surface area contributed by atoms with Gasteiger partial charge in [0.05, 0.1) is 16.3 Å². The van der Waals surface area contributed by atoms with E-state index in [0.717, 1.165) is 18.3 Å². The molecular formula is C15H18ClN3. The average molecular weight is 276 g/mol. The van der Waals surface area contributed by atoms with E-state index < -0.39 is 0 Å². The van der Waals surface area contributed by atoms with Gasteiger partial charge in [-0.15, -0.1) is 0 Å². The first-order valence-electron chi connectivity index (χ1n) is 6.94. The molecule has 2 aliphatic rings. The molecule has 1 aromatic rings. The summed E-state index contributed by atoms with van der Waals surface area (Å²) in [4.78, 5) is 2.61. The Morgan fingerprint density at radius 3 is 2.95 bits per heavy atom. The number of anilines is 1. The number of halogens is 1. The van der Waals surface area contributed by atoms with Crippen LogP contribution in [0, 0.1) is 17.2 Å². The number of hydrogen-bond acceptors (Lipinski definition) is 3. The Labute approximate surface area is 119 Å². The summed E-state index contributed by atoms with van der Waals surface area (Å²) in [6.07, 6.45) is 4.02. The molecule has 1 aliphatic heterocycles. The zero-order chi connectivity index (χ0) is 13.2. The summed E-state index contributed by atoms with van der Waals surface area (Å²) in [6, 6.07) is 8.61. The number of nitriles is 1. The van der Waals surface area contributed by atoms with Gasteiger partial charge < -0.3 is 10.2 Å². The number of nitrogens with one attached hydrogen (secondary N) is 1. The van der Waals surface area contributed by atoms with Gasteiger partial charge in [-0.2, -0.15) is 5.26 Å². The van der Waals surface area contributed by atoms with Crippen molar-refractivity contribution in [2.75, 3.05) is 25.0 Å². The number of rotatable bonds is 4. The van der Waals surface area contributed by atoms with E-state index in [-0.39, 0.29) is 0 Å². The fraction of sp³-hybridized carbons (Fsp3) is 0.533. The Morgan fingerprint density at radius 2 is 2.21 bits per heavy atom. The lowest BCUT2D eigenvalue weighted by molar-refractivity contribution is 0.316. The summed E-state index contributed by atoms with van der Waals surface area (Å²) in [5.41, 5.74) is 1.42. The van der Waals surface area contributed by atoms with Crippen molar-refractivity contribution in [3.8, 4) is 6.07 Å². The highest BCUT2D eigenvalue weighted by atomic mass is 35.5. The second kappa shape index (κ2) is 5.40. The van der Waals surface area contributed by atoms with E-state index in [9.17, 15) is 0 Å². The normalized spacial score (nSPS) is 23.3. The number of hydrogen-bond donors (Lipinski definition) is 1. The second-order valence-corrected chi connectivity index (χ2v) is 5.94. The van der Waals surface area contributed by atoms with Gasteiger partial charge in [-0.3, -0.25) is 0 Å². The van der Waals surface area contributed by atoms with Crippen LogP contribution in [0.1, 0.15) is 24.8 Å². The van der Waals surface area contributed by atoms with Crippen LogP contribution in [-0.2, 0) is 0 Å². The number of benzene rings is 1. The summed E-state index contributed by atoms with van der Waals surface area (Å²) in [5.74, 6) is 0.686. The Hall–Kier alpha value is -1.24. The lowest BCUT2D eigenvalue weighted by Gasteiger charge is -2.16. The largest absolute Gasteiger partial charge is 0.384 e. The molecule has 1 aliphatic carbocycles. The minimum absolute atomic E-state index is 0.526. The van der Waals surface area contributed by atoms with Crippen molar-refractivity contribution in [1.82, 2.24) is 4.90 Å². The molecule has 0 aromatic heterocycles. The van der Waals surface area contributed by atoms with Crippen molar-refractivity contribution >= 4 is 17.3 Å². The monoisotopic (exact) mass is 275 g/mol. The molecule has 3 rings (SSSR count). The van der Waals surface area contributed by atoms with E-state index in [1.165, 1.54) is 32.4 Å². The summed E-state index contributed by atoms with van der Waals surface area (Å²) in [6.45, 7) is 3.36. The lowest BCUT2D eigenvalue weighted by Crippen LogP contribution is -2.24. The predicted octanol–water partition coefficient (Wildman–Crippen LogP) is 3.11. The van der Waals surface area contributed by atoms with Crippen LogP contribution in [0.15, 0.2) is 18.2 Å². The van der Waals surface area contributed by atoms with E-state index in [1.807, 2.05) is 12.1 Å². The van der Waals surface area contributed by atoms with Crippen molar-refractivity contribution < 1.29 is 0 Å². The summed E-state index contributed by atoms with van der Waals surface area (Å²) in [5, 5.41) is 13.1. The van der Waals surface area contributed by atoms with Gasteiger partial charge in [0.2, 0.25) is 0 Å². The summed E-state index contributed by atoms with van der Waals surface area (Å²) < 4.78 is 0. The average Bonchev–Trinajstić information content (AvgIpc) is 3.16. The summed E-state index contributed by atoms with van der Waals surface area (Å²) >= 11 is 6.03. The van der Waals surface area contributed by atoms with Crippen LogP contribution in [-0.4, -0.2) is 30.6 Å². The quantitative estimate of drug-likeness (QED) is 0.918. The van der Waals surface area contributed by atoms with E-state index in [2.05, 4.69) is 16.3 Å². The maximum Gasteiger partial charge on any atom is 0.103 e. The molecule has 3 nitrogen and oxygen atoms in total. The topological polar surface area (TPSA) is 39.1 Å². The van der Waals surface area contributed by atoms with Gasteiger partial charge in [0.25, 0.3) is 0 Å². The molecule has 1 saturated heterocycles. The predicted molar refractivity (Wildman–Crippen MR) is 77.4 cm³/mol. The highest BCUT2D eigenvalue weighted by Gasteiger charge is 2.34. The van der Waals surface area contributed by atoms with Gasteiger partial charge in [0.1, 0.15) is 6.07 Å². The van der Waals surface area contributed by atoms with Crippen LogP contribution in [0.3, 0.4) is 0 Å². The summed E-state index contributed by atoms with van der Waals surface area (Å²) in [7, 11) is 0. The third-order valence-corrected chi connectivity index (χ3v) is 4.40. The number of nitrogens with zero attached hydrogens (tertiary/aromatic N) is 2. The smallest absolute Gasteiger partial charge is 0.103 e. The maximum atomic E-state index is 9.13. The molecule has 2 fully saturated rings. The fourth-order valence-corrected chi connectivity index (χ4v) is 3.06. The zero-order valence-electron chi connectivity index (χ0n) is 10.9. The first-order valence-corrected chi connectivity index (χ1v) is 7.32. The van der Waals surface area contributed by atoms with Crippen molar-refractivity contribution in [2.24, 2.45) is 5.92 Å². The molecule has 4 heteroatoms. The van der Waals surface area contributed by atoms with Crippen molar-refractivity contribution in [3.05, 3.63) is 28.8 Å². The molecule has 0 amide bonds. The van der Waals surface area contributed by atoms with Gasteiger partial charge in [-0.05, 0) is 43.9 Å². The van der Waals surface area contributed by atoms with Crippen LogP contribution in [0.5, 0.6) is 0 Å². The highest BCUT2D eigenvalue weighted by Crippen LogP contribution is 2.32. The SMILES string of the molecule is N#Cc1c(Cl)cccc1NCC1CCN(C2CC2)C1. The van der Waals surface area contributed by atoms with Gasteiger partial charge >= 0.3 is 0 Å². The van der Waals surface area contributed by atoms with E-state index >= 15 is 0 Å². The van der Waals surface area contributed by atoms with Crippen LogP contribution in [0.4, 0.5) is 5.69 Å². The first kappa shape index (κ1) is 12.8. The Bertz CT molecular complexity index is 505. The highest BCUT2D eigenvalue weighted by molar-refractivity contribution is 6.32. The number of likely N-dealkylation sites (tertiary alicyclic amines) is 1. The molecule has 1 N–H and O–H groups in total. The van der Waals surface area contributed by atoms with Crippen LogP contribution in [0.2, 0.25) is 5.02 Å². The Balaban J connectivity index is 1.58. The van der Waals surface area contributed by atoms with Crippen molar-refractivity contribution in [3.63, 3.8) is 0 Å². The van der Waals surface area contributed by atoms with E-state index in [0.29, 0.717) is 16.5 Å². The molecule has 1 unspecified atom stereocenters. The van der Waals surface area contributed by atoms with Gasteiger partial charge in [0.15, 0.2) is 0 Å².